The van der Waals surface area contributed by atoms with Gasteiger partial charge in [0.25, 0.3) is 0 Å². The van der Waals surface area contributed by atoms with E-state index in [-0.39, 0.29) is 23.4 Å². The Morgan fingerprint density at radius 2 is 1.88 bits per heavy atom. The van der Waals surface area contributed by atoms with Crippen molar-refractivity contribution in [1.82, 2.24) is 0 Å². The third-order valence-electron chi connectivity index (χ3n) is 2.16. The molecule has 92 valence electrons. The Kier molecular flexibility index (Phi) is 4.48. The van der Waals surface area contributed by atoms with Crippen LogP contribution in [-0.4, -0.2) is 27.3 Å². The van der Waals surface area contributed by atoms with Crippen LogP contribution in [0, 0.1) is 0 Å². The molecule has 1 rings (SSSR count). The van der Waals surface area contributed by atoms with Crippen LogP contribution >= 0.6 is 11.6 Å². The van der Waals surface area contributed by atoms with Crippen LogP contribution in [0.25, 0.3) is 0 Å². The smallest absolute Gasteiger partial charge is 0.337 e. The zero-order valence-electron chi connectivity index (χ0n) is 8.76. The second-order valence-electron chi connectivity index (χ2n) is 3.53. The van der Waals surface area contributed by atoms with Gasteiger partial charge in [0.2, 0.25) is 0 Å². The Balaban J connectivity index is 2.93. The van der Waals surface area contributed by atoms with Gasteiger partial charge in [0, 0.05) is 11.4 Å². The maximum atomic E-state index is 10.6. The molecule has 0 aliphatic carbocycles. The van der Waals surface area contributed by atoms with E-state index >= 15 is 0 Å². The molecule has 0 bridgehead atoms. The molecule has 1 aromatic carbocycles. The lowest BCUT2D eigenvalue weighted by Gasteiger charge is -2.09. The number of halogens is 1. The molecule has 1 atom stereocenters. The van der Waals surface area contributed by atoms with E-state index < -0.39 is 18.0 Å². The topological polar surface area (TPSA) is 94.8 Å². The summed E-state index contributed by atoms with van der Waals surface area (Å²) in [5.74, 6) is -2.33. The first-order chi connectivity index (χ1) is 7.90. The van der Waals surface area contributed by atoms with Gasteiger partial charge < -0.3 is 15.3 Å². The number of carboxylic acid groups (broad SMARTS) is 2. The zero-order valence-corrected chi connectivity index (χ0v) is 9.52. The average Bonchev–Trinajstić information content (AvgIpc) is 2.24. The van der Waals surface area contributed by atoms with Gasteiger partial charge >= 0.3 is 11.9 Å². The molecule has 0 radical (unpaired) electrons. The fraction of sp³-hybridized carbons (Fsp3) is 0.273. The van der Waals surface area contributed by atoms with Crippen LogP contribution in [0.4, 0.5) is 0 Å². The standard InChI is InChI=1S/C11H11ClO5/c12-8-4-6(1-2-9(13)14)3-7(5-8)10(15)11(16)17/h3-5,10,15H,1-2H2,(H,13,14)(H,16,17). The summed E-state index contributed by atoms with van der Waals surface area (Å²) < 4.78 is 0. The SMILES string of the molecule is O=C(O)CCc1cc(Cl)cc(C(O)C(=O)O)c1. The van der Waals surface area contributed by atoms with Gasteiger partial charge in [-0.1, -0.05) is 17.7 Å². The van der Waals surface area contributed by atoms with Gasteiger partial charge in [0.05, 0.1) is 0 Å². The fourth-order valence-electron chi connectivity index (χ4n) is 1.37. The van der Waals surface area contributed by atoms with E-state index in [2.05, 4.69) is 0 Å². The minimum atomic E-state index is -1.66. The zero-order chi connectivity index (χ0) is 13.0. The van der Waals surface area contributed by atoms with Crippen molar-refractivity contribution in [3.05, 3.63) is 34.3 Å². The van der Waals surface area contributed by atoms with E-state index in [4.69, 9.17) is 21.8 Å². The van der Waals surface area contributed by atoms with E-state index in [1.165, 1.54) is 12.1 Å². The molecule has 6 heteroatoms. The molecule has 5 nitrogen and oxygen atoms in total. The van der Waals surface area contributed by atoms with Gasteiger partial charge in [-0.15, -0.1) is 0 Å². The Hall–Kier alpha value is -1.59. The molecule has 1 unspecified atom stereocenters. The van der Waals surface area contributed by atoms with E-state index in [0.29, 0.717) is 5.56 Å². The van der Waals surface area contributed by atoms with Crippen molar-refractivity contribution < 1.29 is 24.9 Å². The summed E-state index contributed by atoms with van der Waals surface area (Å²) in [4.78, 5) is 21.0. The lowest BCUT2D eigenvalue weighted by atomic mass is 10.0. The van der Waals surface area contributed by atoms with E-state index in [9.17, 15) is 14.7 Å². The summed E-state index contributed by atoms with van der Waals surface area (Å²) in [6.45, 7) is 0. The van der Waals surface area contributed by atoms with Crippen LogP contribution in [0.3, 0.4) is 0 Å². The number of aliphatic carboxylic acids is 2. The predicted molar refractivity (Wildman–Crippen MR) is 60.0 cm³/mol. The fourth-order valence-corrected chi connectivity index (χ4v) is 1.64. The highest BCUT2D eigenvalue weighted by atomic mass is 35.5. The minimum absolute atomic E-state index is 0.0804. The van der Waals surface area contributed by atoms with Gasteiger partial charge in [0.15, 0.2) is 6.10 Å². The lowest BCUT2D eigenvalue weighted by Crippen LogP contribution is -2.11. The highest BCUT2D eigenvalue weighted by Gasteiger charge is 2.17. The number of hydrogen-bond acceptors (Lipinski definition) is 3. The first-order valence-electron chi connectivity index (χ1n) is 4.82. The van der Waals surface area contributed by atoms with Crippen LogP contribution in [0.5, 0.6) is 0 Å². The molecule has 0 saturated carbocycles. The monoisotopic (exact) mass is 258 g/mol. The molecule has 0 aliphatic rings. The van der Waals surface area contributed by atoms with Crippen LogP contribution in [0.1, 0.15) is 23.7 Å². The van der Waals surface area contributed by atoms with Crippen molar-refractivity contribution in [3.8, 4) is 0 Å². The largest absolute Gasteiger partial charge is 0.481 e. The van der Waals surface area contributed by atoms with Gasteiger partial charge in [-0.2, -0.15) is 0 Å². The van der Waals surface area contributed by atoms with E-state index in [1.807, 2.05) is 0 Å². The van der Waals surface area contributed by atoms with Crippen LogP contribution in [0.15, 0.2) is 18.2 Å². The van der Waals surface area contributed by atoms with E-state index in [0.717, 1.165) is 0 Å². The number of aryl methyl sites for hydroxylation is 1. The Morgan fingerprint density at radius 1 is 1.24 bits per heavy atom. The summed E-state index contributed by atoms with van der Waals surface area (Å²) in [6.07, 6.45) is -1.50. The maximum Gasteiger partial charge on any atom is 0.337 e. The molecule has 0 spiro atoms. The van der Waals surface area contributed by atoms with Crippen molar-refractivity contribution in [2.24, 2.45) is 0 Å². The van der Waals surface area contributed by atoms with Crippen LogP contribution in [-0.2, 0) is 16.0 Å². The number of aliphatic hydroxyl groups excluding tert-OH is 1. The number of aliphatic hydroxyl groups is 1. The molecule has 0 heterocycles. The predicted octanol–water partition coefficient (Wildman–Crippen LogP) is 1.48. The van der Waals surface area contributed by atoms with Gasteiger partial charge in [-0.25, -0.2) is 4.79 Å². The van der Waals surface area contributed by atoms with Gasteiger partial charge in [0.1, 0.15) is 0 Å². The summed E-state index contributed by atoms with van der Waals surface area (Å²) in [5.41, 5.74) is 0.723. The van der Waals surface area contributed by atoms with Crippen molar-refractivity contribution >= 4 is 23.5 Å². The first-order valence-corrected chi connectivity index (χ1v) is 5.20. The molecule has 17 heavy (non-hydrogen) atoms. The Labute approximate surface area is 102 Å². The average molecular weight is 259 g/mol. The van der Waals surface area contributed by atoms with E-state index in [1.54, 1.807) is 6.07 Å². The Morgan fingerprint density at radius 3 is 2.41 bits per heavy atom. The summed E-state index contributed by atoms with van der Waals surface area (Å²) in [7, 11) is 0. The lowest BCUT2D eigenvalue weighted by molar-refractivity contribution is -0.147. The van der Waals surface area contributed by atoms with Gasteiger partial charge in [-0.3, -0.25) is 4.79 Å². The molecule has 0 saturated heterocycles. The third kappa shape index (κ3) is 4.05. The molecule has 1 aromatic rings. The Bertz CT molecular complexity index is 443. The van der Waals surface area contributed by atoms with Crippen molar-refractivity contribution in [2.75, 3.05) is 0 Å². The van der Waals surface area contributed by atoms with Crippen molar-refractivity contribution in [2.45, 2.75) is 18.9 Å². The molecule has 0 amide bonds. The van der Waals surface area contributed by atoms with Gasteiger partial charge in [-0.05, 0) is 29.7 Å². The number of benzene rings is 1. The highest BCUT2D eigenvalue weighted by Crippen LogP contribution is 2.21. The highest BCUT2D eigenvalue weighted by molar-refractivity contribution is 6.30. The maximum absolute atomic E-state index is 10.6. The van der Waals surface area contributed by atoms with Crippen molar-refractivity contribution in [1.29, 1.82) is 0 Å². The molecular formula is C11H11ClO5. The first kappa shape index (κ1) is 13.5. The number of hydrogen-bond donors (Lipinski definition) is 3. The molecule has 0 aromatic heterocycles. The number of rotatable bonds is 5. The third-order valence-corrected chi connectivity index (χ3v) is 2.38. The molecular weight excluding hydrogens is 248 g/mol. The second-order valence-corrected chi connectivity index (χ2v) is 3.96. The van der Waals surface area contributed by atoms with Crippen molar-refractivity contribution in [3.63, 3.8) is 0 Å². The summed E-state index contributed by atoms with van der Waals surface area (Å²) in [5, 5.41) is 26.8. The molecule has 0 fully saturated rings. The van der Waals surface area contributed by atoms with Crippen LogP contribution in [0.2, 0.25) is 5.02 Å². The summed E-state index contributed by atoms with van der Waals surface area (Å²) >= 11 is 5.76. The normalized spacial score (nSPS) is 12.1. The molecule has 3 N–H and O–H groups in total. The number of carbonyl (C=O) groups is 2. The minimum Gasteiger partial charge on any atom is -0.481 e. The second kappa shape index (κ2) is 5.65. The quantitative estimate of drug-likeness (QED) is 0.743. The molecule has 0 aliphatic heterocycles. The number of carboxylic acids is 2. The van der Waals surface area contributed by atoms with Crippen LogP contribution < -0.4 is 0 Å². The summed E-state index contributed by atoms with van der Waals surface area (Å²) in [6, 6.07) is 4.32.